The summed E-state index contributed by atoms with van der Waals surface area (Å²) in [5.74, 6) is 0. The molecule has 0 aromatic heterocycles. The molecule has 2 aliphatic heterocycles. The maximum atomic E-state index is 2.56. The van der Waals surface area contributed by atoms with E-state index in [2.05, 4.69) is 242 Å². The van der Waals surface area contributed by atoms with Gasteiger partial charge in [0.05, 0.1) is 0 Å². The van der Waals surface area contributed by atoms with Crippen molar-refractivity contribution in [2.24, 2.45) is 0 Å². The van der Waals surface area contributed by atoms with Crippen LogP contribution in [0.4, 0.5) is 34.1 Å². The third-order valence-electron chi connectivity index (χ3n) is 16.3. The van der Waals surface area contributed by atoms with E-state index in [0.29, 0.717) is 0 Å². The highest BCUT2D eigenvalue weighted by molar-refractivity contribution is 7.00. The van der Waals surface area contributed by atoms with Crippen LogP contribution in [-0.2, 0) is 16.2 Å². The van der Waals surface area contributed by atoms with E-state index in [-0.39, 0.29) is 23.0 Å². The molecule has 0 saturated carbocycles. The molecule has 9 aromatic carbocycles. The van der Waals surface area contributed by atoms with Crippen LogP contribution >= 0.6 is 0 Å². The van der Waals surface area contributed by atoms with E-state index < -0.39 is 0 Å². The third kappa shape index (κ3) is 6.52. The first-order chi connectivity index (χ1) is 31.8. The van der Waals surface area contributed by atoms with E-state index in [0.717, 1.165) is 24.9 Å². The molecular weight excluding hydrogens is 796 g/mol. The van der Waals surface area contributed by atoms with Crippen molar-refractivity contribution in [3.8, 4) is 11.1 Å². The Kier molecular flexibility index (Phi) is 9.90. The number of hydrogen-bond donors (Lipinski definition) is 0. The van der Waals surface area contributed by atoms with Crippen LogP contribution in [0.1, 0.15) is 98.3 Å². The summed E-state index contributed by atoms with van der Waals surface area (Å²) in [6.45, 7) is 21.3. The Balaban J connectivity index is 1.10. The second kappa shape index (κ2) is 15.5. The molecule has 0 unspecified atom stereocenters. The molecule has 0 N–H and O–H groups in total. The molecule has 66 heavy (non-hydrogen) atoms. The molecule has 0 bridgehead atoms. The second-order valence-electron chi connectivity index (χ2n) is 21.0. The van der Waals surface area contributed by atoms with Gasteiger partial charge in [0.2, 0.25) is 0 Å². The number of nitrogens with zero attached hydrogens (tertiary/aromatic N) is 2. The SMILES string of the molecule is CCC(C)(C)c1ccc(N2c3ccc(C(C)(C)CC)cc3B3c4cc(C(C)(C)CC)ccc4N(c4ccc(-c5ccc6c7ccccc7c7ccccc7c6c5)cc4)c4cccc2c43)cc1. The molecule has 2 heterocycles. The molecule has 0 amide bonds. The van der Waals surface area contributed by atoms with Crippen molar-refractivity contribution >= 4 is 89.5 Å². The zero-order valence-electron chi connectivity index (χ0n) is 40.3. The predicted molar refractivity (Wildman–Crippen MR) is 288 cm³/mol. The average molecular weight is 857 g/mol. The summed E-state index contributed by atoms with van der Waals surface area (Å²) in [6, 6.07) is 65.3. The molecule has 0 fully saturated rings. The van der Waals surface area contributed by atoms with Crippen molar-refractivity contribution in [1.82, 2.24) is 0 Å². The van der Waals surface area contributed by atoms with Crippen molar-refractivity contribution < 1.29 is 0 Å². The van der Waals surface area contributed by atoms with Crippen molar-refractivity contribution in [1.29, 1.82) is 0 Å². The van der Waals surface area contributed by atoms with Gasteiger partial charge in [-0.05, 0) is 167 Å². The van der Waals surface area contributed by atoms with Crippen LogP contribution in [0.5, 0.6) is 0 Å². The van der Waals surface area contributed by atoms with Gasteiger partial charge < -0.3 is 9.80 Å². The third-order valence-corrected chi connectivity index (χ3v) is 16.3. The van der Waals surface area contributed by atoms with Gasteiger partial charge in [0.25, 0.3) is 6.71 Å². The molecule has 9 aromatic rings. The second-order valence-corrected chi connectivity index (χ2v) is 21.0. The van der Waals surface area contributed by atoms with Gasteiger partial charge in [0.1, 0.15) is 0 Å². The number of rotatable bonds is 9. The van der Waals surface area contributed by atoms with Gasteiger partial charge in [-0.1, -0.05) is 178 Å². The fourth-order valence-electron chi connectivity index (χ4n) is 10.9. The summed E-state index contributed by atoms with van der Waals surface area (Å²) in [4.78, 5) is 5.10. The summed E-state index contributed by atoms with van der Waals surface area (Å²) < 4.78 is 0. The van der Waals surface area contributed by atoms with E-state index in [1.165, 1.54) is 105 Å². The summed E-state index contributed by atoms with van der Waals surface area (Å²) in [7, 11) is 0. The number of anilines is 6. The van der Waals surface area contributed by atoms with Crippen LogP contribution in [-0.4, -0.2) is 6.71 Å². The van der Waals surface area contributed by atoms with Gasteiger partial charge in [0.15, 0.2) is 0 Å². The summed E-state index contributed by atoms with van der Waals surface area (Å²) in [5, 5.41) is 7.80. The van der Waals surface area contributed by atoms with Crippen molar-refractivity contribution in [2.45, 2.75) is 97.8 Å². The molecule has 3 heteroatoms. The molecular formula is C63H61BN2. The van der Waals surface area contributed by atoms with E-state index in [1.54, 1.807) is 0 Å². The maximum Gasteiger partial charge on any atom is 0.252 e. The lowest BCUT2D eigenvalue weighted by Crippen LogP contribution is -2.61. The number of benzene rings is 9. The summed E-state index contributed by atoms with van der Waals surface area (Å²) >= 11 is 0. The van der Waals surface area contributed by atoms with Gasteiger partial charge in [0, 0.05) is 34.1 Å². The lowest BCUT2D eigenvalue weighted by molar-refractivity contribution is 0.506. The molecule has 2 nitrogen and oxygen atoms in total. The fourth-order valence-corrected chi connectivity index (χ4v) is 10.9. The molecule has 0 atom stereocenters. The first kappa shape index (κ1) is 42.1. The molecule has 0 aliphatic carbocycles. The van der Waals surface area contributed by atoms with Crippen LogP contribution in [0.15, 0.2) is 170 Å². The average Bonchev–Trinajstić information content (AvgIpc) is 3.36. The summed E-state index contributed by atoms with van der Waals surface area (Å²) in [5.41, 5.74) is 18.3. The molecule has 11 rings (SSSR count). The highest BCUT2D eigenvalue weighted by Crippen LogP contribution is 2.46. The Bertz CT molecular complexity index is 3320. The normalized spacial score (nSPS) is 13.6. The van der Waals surface area contributed by atoms with Gasteiger partial charge in [-0.3, -0.25) is 0 Å². The van der Waals surface area contributed by atoms with E-state index in [9.17, 15) is 0 Å². The smallest absolute Gasteiger partial charge is 0.252 e. The van der Waals surface area contributed by atoms with Crippen molar-refractivity contribution in [2.75, 3.05) is 9.80 Å². The Labute approximate surface area is 393 Å². The minimum Gasteiger partial charge on any atom is -0.311 e. The zero-order chi connectivity index (χ0) is 45.7. The molecule has 0 spiro atoms. The van der Waals surface area contributed by atoms with Crippen molar-refractivity contribution in [3.63, 3.8) is 0 Å². The first-order valence-corrected chi connectivity index (χ1v) is 24.4. The first-order valence-electron chi connectivity index (χ1n) is 24.4. The van der Waals surface area contributed by atoms with Crippen LogP contribution in [0.3, 0.4) is 0 Å². The minimum atomic E-state index is 0.0301. The minimum absolute atomic E-state index is 0.0301. The Morgan fingerprint density at radius 2 is 0.742 bits per heavy atom. The molecule has 326 valence electrons. The topological polar surface area (TPSA) is 6.48 Å². The van der Waals surface area contributed by atoms with Crippen LogP contribution in [0, 0.1) is 0 Å². The monoisotopic (exact) mass is 856 g/mol. The Hall–Kier alpha value is -6.58. The lowest BCUT2D eigenvalue weighted by Gasteiger charge is -2.45. The highest BCUT2D eigenvalue weighted by atomic mass is 15.2. The number of hydrogen-bond acceptors (Lipinski definition) is 2. The Morgan fingerprint density at radius 3 is 1.21 bits per heavy atom. The van der Waals surface area contributed by atoms with E-state index in [1.807, 2.05) is 0 Å². The summed E-state index contributed by atoms with van der Waals surface area (Å²) in [6.07, 6.45) is 3.22. The fraction of sp³-hybridized carbons (Fsp3) is 0.238. The zero-order valence-corrected chi connectivity index (χ0v) is 40.3. The standard InChI is InChI=1S/C63H61BN2/c1-10-61(4,5)43-27-33-47(34-28-43)66-57-37-30-45(63(8,9)12-3)40-55(57)64-54-39-44(62(6,7)11-2)29-36-56(54)65(58-22-17-23-59(66)60(58)64)46-31-24-41(25-32-46)42-26-35-52-50-20-14-13-18-48(50)49-19-15-16-21-51(49)53(52)38-42/h13-40H,10-12H2,1-9H3. The lowest BCUT2D eigenvalue weighted by atomic mass is 9.33. The van der Waals surface area contributed by atoms with Gasteiger partial charge in [-0.25, -0.2) is 0 Å². The van der Waals surface area contributed by atoms with Crippen molar-refractivity contribution in [3.05, 3.63) is 187 Å². The van der Waals surface area contributed by atoms with Gasteiger partial charge in [-0.2, -0.15) is 0 Å². The van der Waals surface area contributed by atoms with E-state index >= 15 is 0 Å². The maximum absolute atomic E-state index is 2.56. The highest BCUT2D eigenvalue weighted by Gasteiger charge is 2.44. The molecule has 2 aliphatic rings. The quantitative estimate of drug-likeness (QED) is 0.105. The van der Waals surface area contributed by atoms with Gasteiger partial charge in [-0.15, -0.1) is 0 Å². The predicted octanol–water partition coefficient (Wildman–Crippen LogP) is 16.0. The van der Waals surface area contributed by atoms with Crippen LogP contribution < -0.4 is 26.2 Å². The van der Waals surface area contributed by atoms with E-state index in [4.69, 9.17) is 0 Å². The molecule has 0 saturated heterocycles. The largest absolute Gasteiger partial charge is 0.311 e. The van der Waals surface area contributed by atoms with Gasteiger partial charge >= 0.3 is 0 Å². The molecule has 0 radical (unpaired) electrons. The van der Waals surface area contributed by atoms with Crippen LogP contribution in [0.2, 0.25) is 0 Å². The Morgan fingerprint density at radius 1 is 0.348 bits per heavy atom. The van der Waals surface area contributed by atoms with Crippen LogP contribution in [0.25, 0.3) is 43.4 Å². The number of fused-ring (bicyclic) bond motifs is 10.